The van der Waals surface area contributed by atoms with Gasteiger partial charge in [-0.15, -0.1) is 5.10 Å². The van der Waals surface area contributed by atoms with Crippen LogP contribution in [-0.2, 0) is 13.0 Å². The van der Waals surface area contributed by atoms with Crippen molar-refractivity contribution >= 4 is 0 Å². The van der Waals surface area contributed by atoms with Gasteiger partial charge in [-0.05, 0) is 12.8 Å². The Labute approximate surface area is 173 Å². The van der Waals surface area contributed by atoms with Crippen molar-refractivity contribution in [1.82, 2.24) is 15.0 Å². The maximum atomic E-state index is 9.89. The highest BCUT2D eigenvalue weighted by atomic mass is 16.3. The molecule has 0 saturated heterocycles. The fraction of sp³-hybridized carbons (Fsp3) is 0.833. The van der Waals surface area contributed by atoms with Crippen LogP contribution in [0.15, 0.2) is 18.5 Å². The molecule has 1 unspecified atom stereocenters. The Bertz CT molecular complexity index is 498. The lowest BCUT2D eigenvalue weighted by Gasteiger charge is -2.13. The first kappa shape index (κ1) is 24.7. The Morgan fingerprint density at radius 2 is 1.43 bits per heavy atom. The second-order valence-corrected chi connectivity index (χ2v) is 8.40. The van der Waals surface area contributed by atoms with Crippen molar-refractivity contribution in [2.45, 2.75) is 123 Å². The van der Waals surface area contributed by atoms with Crippen LogP contribution in [-0.4, -0.2) is 20.1 Å². The molecule has 1 rings (SSSR count). The molecule has 1 heterocycles. The molecule has 0 bridgehead atoms. The number of rotatable bonds is 19. The van der Waals surface area contributed by atoms with Gasteiger partial charge in [-0.2, -0.15) is 0 Å². The molecule has 0 amide bonds. The number of aliphatic hydroxyl groups excluding tert-OH is 1. The largest absolute Gasteiger partial charge is 0.513 e. The van der Waals surface area contributed by atoms with Crippen LogP contribution in [0.3, 0.4) is 0 Å². The van der Waals surface area contributed by atoms with Crippen LogP contribution in [0.2, 0.25) is 0 Å². The predicted molar refractivity (Wildman–Crippen MR) is 120 cm³/mol. The molecule has 4 heteroatoms. The van der Waals surface area contributed by atoms with E-state index in [0.29, 0.717) is 5.76 Å². The highest BCUT2D eigenvalue weighted by Gasteiger charge is 2.15. The van der Waals surface area contributed by atoms with Gasteiger partial charge in [0.05, 0.1) is 11.5 Å². The molecule has 162 valence electrons. The summed E-state index contributed by atoms with van der Waals surface area (Å²) in [5, 5.41) is 18.5. The summed E-state index contributed by atoms with van der Waals surface area (Å²) in [6, 6.07) is 0. The average Bonchev–Trinajstić information content (AvgIpc) is 3.13. The lowest BCUT2D eigenvalue weighted by atomic mass is 9.95. The van der Waals surface area contributed by atoms with Gasteiger partial charge in [0.2, 0.25) is 0 Å². The molecule has 0 aliphatic heterocycles. The Morgan fingerprint density at radius 3 is 2.00 bits per heavy atom. The Hall–Kier alpha value is -1.32. The minimum Gasteiger partial charge on any atom is -0.513 e. The van der Waals surface area contributed by atoms with Gasteiger partial charge in [-0.3, -0.25) is 4.68 Å². The van der Waals surface area contributed by atoms with Crippen LogP contribution >= 0.6 is 0 Å². The van der Waals surface area contributed by atoms with Gasteiger partial charge >= 0.3 is 0 Å². The summed E-state index contributed by atoms with van der Waals surface area (Å²) in [5.74, 6) is 0.403. The summed E-state index contributed by atoms with van der Waals surface area (Å²) in [6.45, 7) is 9.20. The second-order valence-electron chi connectivity index (χ2n) is 8.40. The fourth-order valence-corrected chi connectivity index (χ4v) is 3.76. The van der Waals surface area contributed by atoms with Crippen molar-refractivity contribution < 1.29 is 5.11 Å². The summed E-state index contributed by atoms with van der Waals surface area (Å²) < 4.78 is 1.97. The zero-order valence-electron chi connectivity index (χ0n) is 18.7. The fourth-order valence-electron chi connectivity index (χ4n) is 3.76. The number of aliphatic hydroxyl groups is 1. The van der Waals surface area contributed by atoms with Crippen molar-refractivity contribution in [2.24, 2.45) is 5.92 Å². The normalized spacial score (nSPS) is 12.4. The van der Waals surface area contributed by atoms with Gasteiger partial charge in [-0.1, -0.05) is 109 Å². The zero-order valence-corrected chi connectivity index (χ0v) is 18.7. The van der Waals surface area contributed by atoms with Gasteiger partial charge in [0, 0.05) is 25.1 Å². The van der Waals surface area contributed by atoms with E-state index in [4.69, 9.17) is 0 Å². The third kappa shape index (κ3) is 12.2. The molecule has 1 aromatic rings. The molecule has 4 nitrogen and oxygen atoms in total. The highest BCUT2D eigenvalue weighted by molar-refractivity contribution is 5.01. The lowest BCUT2D eigenvalue weighted by molar-refractivity contribution is 0.312. The first-order valence-electron chi connectivity index (χ1n) is 11.9. The summed E-state index contributed by atoms with van der Waals surface area (Å²) in [4.78, 5) is 0. The van der Waals surface area contributed by atoms with Gasteiger partial charge in [0.15, 0.2) is 0 Å². The number of allylic oxidation sites excluding steroid dienone is 1. The molecule has 0 spiro atoms. The standard InChI is InChI=1S/C24H45N3O/c1-4-6-8-10-11-12-13-14-15-17-19-27-21-24(25-26-27)20-23(22(3)28)18-16-9-7-5-2/h21,23,28H,3-20H2,1-2H3. The molecule has 0 aromatic carbocycles. The zero-order chi connectivity index (χ0) is 20.5. The smallest absolute Gasteiger partial charge is 0.0885 e. The van der Waals surface area contributed by atoms with Crippen molar-refractivity contribution in [3.05, 3.63) is 24.2 Å². The van der Waals surface area contributed by atoms with E-state index in [9.17, 15) is 5.11 Å². The summed E-state index contributed by atoms with van der Waals surface area (Å²) >= 11 is 0. The topological polar surface area (TPSA) is 50.9 Å². The van der Waals surface area contributed by atoms with Crippen LogP contribution in [0.1, 0.15) is 116 Å². The molecule has 0 radical (unpaired) electrons. The number of aryl methyl sites for hydroxylation is 1. The van der Waals surface area contributed by atoms with Crippen LogP contribution < -0.4 is 0 Å². The Balaban J connectivity index is 2.15. The highest BCUT2D eigenvalue weighted by Crippen LogP contribution is 2.20. The van der Waals surface area contributed by atoms with Gasteiger partial charge in [-0.25, -0.2) is 0 Å². The molecular formula is C24H45N3O. The molecule has 1 atom stereocenters. The quantitative estimate of drug-likeness (QED) is 0.197. The lowest BCUT2D eigenvalue weighted by Crippen LogP contribution is -2.08. The third-order valence-corrected chi connectivity index (χ3v) is 5.66. The number of unbranched alkanes of at least 4 members (excludes halogenated alkanes) is 12. The predicted octanol–water partition coefficient (Wildman–Crippen LogP) is 7.40. The van der Waals surface area contributed by atoms with E-state index in [-0.39, 0.29) is 5.92 Å². The van der Waals surface area contributed by atoms with Crippen molar-refractivity contribution in [3.8, 4) is 0 Å². The van der Waals surface area contributed by atoms with Gasteiger partial charge < -0.3 is 5.11 Å². The molecule has 1 aromatic heterocycles. The summed E-state index contributed by atoms with van der Waals surface area (Å²) in [6.07, 6.45) is 22.2. The molecular weight excluding hydrogens is 346 g/mol. The summed E-state index contributed by atoms with van der Waals surface area (Å²) in [5.41, 5.74) is 0.975. The van der Waals surface area contributed by atoms with E-state index in [1.807, 2.05) is 4.68 Å². The first-order valence-corrected chi connectivity index (χ1v) is 11.9. The maximum Gasteiger partial charge on any atom is 0.0885 e. The Morgan fingerprint density at radius 1 is 0.893 bits per heavy atom. The van der Waals surface area contributed by atoms with E-state index in [1.54, 1.807) is 0 Å². The van der Waals surface area contributed by atoms with Gasteiger partial charge in [0.25, 0.3) is 0 Å². The number of hydrogen-bond acceptors (Lipinski definition) is 3. The van der Waals surface area contributed by atoms with E-state index in [2.05, 4.69) is 36.9 Å². The minimum absolute atomic E-state index is 0.110. The van der Waals surface area contributed by atoms with E-state index < -0.39 is 0 Å². The summed E-state index contributed by atoms with van der Waals surface area (Å²) in [7, 11) is 0. The monoisotopic (exact) mass is 391 g/mol. The number of nitrogens with zero attached hydrogens (tertiary/aromatic N) is 3. The van der Waals surface area contributed by atoms with Crippen molar-refractivity contribution in [3.63, 3.8) is 0 Å². The molecule has 0 fully saturated rings. The third-order valence-electron chi connectivity index (χ3n) is 5.66. The van der Waals surface area contributed by atoms with Crippen LogP contribution in [0, 0.1) is 5.92 Å². The maximum absolute atomic E-state index is 9.89. The van der Waals surface area contributed by atoms with E-state index in [0.717, 1.165) is 31.5 Å². The average molecular weight is 392 g/mol. The second kappa shape index (κ2) is 16.6. The first-order chi connectivity index (χ1) is 13.7. The van der Waals surface area contributed by atoms with Crippen molar-refractivity contribution in [2.75, 3.05) is 0 Å². The minimum atomic E-state index is 0.110. The van der Waals surface area contributed by atoms with Crippen LogP contribution in [0.4, 0.5) is 0 Å². The van der Waals surface area contributed by atoms with Crippen LogP contribution in [0.5, 0.6) is 0 Å². The van der Waals surface area contributed by atoms with Crippen molar-refractivity contribution in [1.29, 1.82) is 0 Å². The van der Waals surface area contributed by atoms with E-state index >= 15 is 0 Å². The SMILES string of the molecule is C=C(O)C(CCCCCC)Cc1cn(CCCCCCCCCCCC)nn1. The number of aromatic nitrogens is 3. The van der Waals surface area contributed by atoms with Crippen LogP contribution in [0.25, 0.3) is 0 Å². The molecule has 0 saturated carbocycles. The van der Waals surface area contributed by atoms with E-state index in [1.165, 1.54) is 83.5 Å². The molecule has 1 N–H and O–H groups in total. The molecule has 0 aliphatic carbocycles. The van der Waals surface area contributed by atoms with Gasteiger partial charge in [0.1, 0.15) is 0 Å². The number of hydrogen-bond donors (Lipinski definition) is 1. The molecule has 0 aliphatic rings. The Kier molecular flexibility index (Phi) is 14.7. The molecule has 28 heavy (non-hydrogen) atoms.